The van der Waals surface area contributed by atoms with Crippen molar-refractivity contribution in [2.45, 2.75) is 50.7 Å². The summed E-state index contributed by atoms with van der Waals surface area (Å²) < 4.78 is 45.6. The van der Waals surface area contributed by atoms with Crippen molar-refractivity contribution in [2.24, 2.45) is 0 Å². The molecule has 0 aliphatic carbocycles. The second-order valence-corrected chi connectivity index (χ2v) is 9.88. The highest BCUT2D eigenvalue weighted by molar-refractivity contribution is 5.92. The van der Waals surface area contributed by atoms with Crippen molar-refractivity contribution in [1.82, 2.24) is 19.9 Å². The van der Waals surface area contributed by atoms with Crippen molar-refractivity contribution in [1.29, 1.82) is 0 Å². The van der Waals surface area contributed by atoms with E-state index in [2.05, 4.69) is 37.6 Å². The molecule has 40 heavy (non-hydrogen) atoms. The van der Waals surface area contributed by atoms with Crippen LogP contribution in [0, 0.1) is 0 Å². The van der Waals surface area contributed by atoms with Crippen molar-refractivity contribution in [3.63, 3.8) is 0 Å². The molecule has 0 amide bonds. The fourth-order valence-corrected chi connectivity index (χ4v) is 4.87. The Morgan fingerprint density at radius 3 is 2.80 bits per heavy atom. The molecule has 1 atom stereocenters. The molecule has 0 bridgehead atoms. The second-order valence-electron chi connectivity index (χ2n) is 9.88. The molecule has 3 aromatic rings. The SMILES string of the molecule is COCCN(CCCCc1ccc2c(n1)NCCC2)CC[C@H](Nc1ncnc2c(C(F)(F)F)cccc12)C(=O)O. The highest BCUT2D eigenvalue weighted by atomic mass is 19.4. The topological polar surface area (TPSA) is 113 Å². The van der Waals surface area contributed by atoms with Gasteiger partial charge in [-0.05, 0) is 68.8 Å². The number of para-hydroxylation sites is 1. The summed E-state index contributed by atoms with van der Waals surface area (Å²) in [7, 11) is 1.62. The van der Waals surface area contributed by atoms with E-state index in [1.54, 1.807) is 7.11 Å². The molecule has 9 nitrogen and oxygen atoms in total. The molecule has 1 aromatic carbocycles. The van der Waals surface area contributed by atoms with Gasteiger partial charge in [0.1, 0.15) is 24.0 Å². The van der Waals surface area contributed by atoms with Crippen molar-refractivity contribution in [3.05, 3.63) is 53.5 Å². The molecule has 0 fully saturated rings. The maximum atomic E-state index is 13.4. The lowest BCUT2D eigenvalue weighted by atomic mass is 10.1. The van der Waals surface area contributed by atoms with Crippen LogP contribution in [0.25, 0.3) is 10.9 Å². The number of carboxylic acid groups (broad SMARTS) is 1. The van der Waals surface area contributed by atoms with Crippen LogP contribution < -0.4 is 10.6 Å². The van der Waals surface area contributed by atoms with Crippen LogP contribution in [0.2, 0.25) is 0 Å². The number of nitrogens with one attached hydrogen (secondary N) is 2. The van der Waals surface area contributed by atoms with Crippen LogP contribution in [0.4, 0.5) is 24.8 Å². The number of fused-ring (bicyclic) bond motifs is 2. The smallest absolute Gasteiger partial charge is 0.418 e. The van der Waals surface area contributed by atoms with Crippen LogP contribution in [0.15, 0.2) is 36.7 Å². The first-order valence-electron chi connectivity index (χ1n) is 13.5. The van der Waals surface area contributed by atoms with E-state index in [1.807, 2.05) is 0 Å². The van der Waals surface area contributed by atoms with Gasteiger partial charge in [0.15, 0.2) is 0 Å². The Labute approximate surface area is 231 Å². The molecule has 0 spiro atoms. The van der Waals surface area contributed by atoms with Gasteiger partial charge >= 0.3 is 12.1 Å². The van der Waals surface area contributed by atoms with Crippen molar-refractivity contribution in [2.75, 3.05) is 50.5 Å². The number of alkyl halides is 3. The van der Waals surface area contributed by atoms with E-state index in [4.69, 9.17) is 9.72 Å². The van der Waals surface area contributed by atoms with Crippen LogP contribution in [-0.4, -0.2) is 76.9 Å². The number of halogens is 3. The molecule has 4 rings (SSSR count). The number of hydrogen-bond acceptors (Lipinski definition) is 8. The number of pyridine rings is 1. The summed E-state index contributed by atoms with van der Waals surface area (Å²) in [6.07, 6.45) is 1.51. The summed E-state index contributed by atoms with van der Waals surface area (Å²) in [5.41, 5.74) is 1.15. The summed E-state index contributed by atoms with van der Waals surface area (Å²) in [5, 5.41) is 16.2. The summed E-state index contributed by atoms with van der Waals surface area (Å²) in [6.45, 7) is 3.30. The molecule has 12 heteroatoms. The van der Waals surface area contributed by atoms with E-state index in [-0.39, 0.29) is 23.1 Å². The number of benzene rings is 1. The molecule has 2 aromatic heterocycles. The van der Waals surface area contributed by atoms with Gasteiger partial charge in [-0.2, -0.15) is 13.2 Å². The second kappa shape index (κ2) is 13.7. The largest absolute Gasteiger partial charge is 0.480 e. The monoisotopic (exact) mass is 560 g/mol. The van der Waals surface area contributed by atoms with Crippen molar-refractivity contribution in [3.8, 4) is 0 Å². The molecular weight excluding hydrogens is 525 g/mol. The minimum atomic E-state index is -4.59. The lowest BCUT2D eigenvalue weighted by Crippen LogP contribution is -2.37. The van der Waals surface area contributed by atoms with E-state index in [0.717, 1.165) is 69.1 Å². The number of carboxylic acids is 1. The van der Waals surface area contributed by atoms with Gasteiger partial charge in [0.25, 0.3) is 0 Å². The lowest BCUT2D eigenvalue weighted by Gasteiger charge is -2.24. The Hall–Kier alpha value is -3.51. The molecule has 216 valence electrons. The van der Waals surface area contributed by atoms with Gasteiger partial charge in [-0.3, -0.25) is 0 Å². The van der Waals surface area contributed by atoms with E-state index in [1.165, 1.54) is 17.7 Å². The quantitative estimate of drug-likeness (QED) is 0.243. The number of nitrogens with zero attached hydrogens (tertiary/aromatic N) is 4. The predicted molar refractivity (Wildman–Crippen MR) is 147 cm³/mol. The molecule has 1 aliphatic heterocycles. The van der Waals surface area contributed by atoms with E-state index in [0.29, 0.717) is 19.7 Å². The van der Waals surface area contributed by atoms with Gasteiger partial charge in [0.05, 0.1) is 17.7 Å². The first kappa shape index (κ1) is 29.5. The number of rotatable bonds is 14. The molecule has 3 N–H and O–H groups in total. The highest BCUT2D eigenvalue weighted by Crippen LogP contribution is 2.35. The molecule has 0 saturated carbocycles. The Kier molecular flexibility index (Phi) is 10.1. The lowest BCUT2D eigenvalue weighted by molar-refractivity contribution is -0.138. The fourth-order valence-electron chi connectivity index (χ4n) is 4.87. The summed E-state index contributed by atoms with van der Waals surface area (Å²) in [4.78, 5) is 26.8. The number of hydrogen-bond donors (Lipinski definition) is 3. The maximum absolute atomic E-state index is 13.4. The van der Waals surface area contributed by atoms with E-state index < -0.39 is 23.8 Å². The van der Waals surface area contributed by atoms with Crippen LogP contribution in [0.1, 0.15) is 42.5 Å². The number of ether oxygens (including phenoxy) is 1. The third-order valence-corrected chi connectivity index (χ3v) is 7.03. The van der Waals surface area contributed by atoms with Gasteiger partial charge in [-0.15, -0.1) is 0 Å². The number of methoxy groups -OCH3 is 1. The van der Waals surface area contributed by atoms with Crippen LogP contribution in [-0.2, 0) is 28.5 Å². The van der Waals surface area contributed by atoms with Gasteiger partial charge in [0, 0.05) is 37.8 Å². The Balaban J connectivity index is 1.35. The minimum Gasteiger partial charge on any atom is -0.480 e. The Morgan fingerprint density at radius 1 is 1.18 bits per heavy atom. The van der Waals surface area contributed by atoms with Gasteiger partial charge in [0.2, 0.25) is 0 Å². The maximum Gasteiger partial charge on any atom is 0.418 e. The minimum absolute atomic E-state index is 0.0546. The van der Waals surface area contributed by atoms with Gasteiger partial charge in [-0.1, -0.05) is 12.1 Å². The normalized spacial score (nSPS) is 14.1. The zero-order valence-electron chi connectivity index (χ0n) is 22.5. The van der Waals surface area contributed by atoms with E-state index in [9.17, 15) is 23.1 Å². The molecule has 3 heterocycles. The number of aryl methyl sites for hydroxylation is 2. The molecule has 0 unspecified atom stereocenters. The molecule has 0 saturated heterocycles. The number of anilines is 2. The van der Waals surface area contributed by atoms with Crippen molar-refractivity contribution >= 4 is 28.5 Å². The number of carbonyl (C=O) groups is 1. The molecular formula is C28H35F3N6O3. The standard InChI is InChI=1S/C28H35F3N6O3/c1-40-17-16-37(14-3-2-7-20-11-10-19-6-5-13-32-25(19)35-20)15-12-23(27(38)39)36-26-21-8-4-9-22(28(29,30)31)24(21)33-18-34-26/h4,8-11,18,23H,2-3,5-7,12-17H2,1H3,(H,32,35)(H,38,39)(H,33,34,36)/t23-/m0/s1. The average molecular weight is 561 g/mol. The van der Waals surface area contributed by atoms with Crippen LogP contribution >= 0.6 is 0 Å². The van der Waals surface area contributed by atoms with E-state index >= 15 is 0 Å². The third kappa shape index (κ3) is 7.79. The van der Waals surface area contributed by atoms with Gasteiger partial charge in [-0.25, -0.2) is 19.7 Å². The molecule has 0 radical (unpaired) electrons. The Morgan fingerprint density at radius 2 is 2.02 bits per heavy atom. The van der Waals surface area contributed by atoms with Crippen LogP contribution in [0.3, 0.4) is 0 Å². The molecule has 1 aliphatic rings. The first-order valence-corrected chi connectivity index (χ1v) is 13.5. The van der Waals surface area contributed by atoms with Gasteiger partial charge < -0.3 is 25.4 Å². The van der Waals surface area contributed by atoms with Crippen molar-refractivity contribution < 1.29 is 27.8 Å². The zero-order chi connectivity index (χ0) is 28.5. The third-order valence-electron chi connectivity index (χ3n) is 7.03. The number of aliphatic carboxylic acids is 1. The zero-order valence-corrected chi connectivity index (χ0v) is 22.5. The number of aromatic nitrogens is 3. The fraction of sp³-hybridized carbons (Fsp3) is 0.500. The first-order chi connectivity index (χ1) is 19.3. The average Bonchev–Trinajstić information content (AvgIpc) is 2.94. The predicted octanol–water partition coefficient (Wildman–Crippen LogP) is 4.63. The Bertz CT molecular complexity index is 1290. The number of unbranched alkanes of at least 4 members (excludes halogenated alkanes) is 1. The summed E-state index contributed by atoms with van der Waals surface area (Å²) in [6, 6.07) is 6.84. The highest BCUT2D eigenvalue weighted by Gasteiger charge is 2.33. The summed E-state index contributed by atoms with van der Waals surface area (Å²) >= 11 is 0. The van der Waals surface area contributed by atoms with Crippen LogP contribution in [0.5, 0.6) is 0 Å². The summed E-state index contributed by atoms with van der Waals surface area (Å²) in [5.74, 6) is -0.0692.